The number of rotatable bonds is 10. The summed E-state index contributed by atoms with van der Waals surface area (Å²) in [5.74, 6) is 3.39. The molecule has 11 rings (SSSR count). The average molecular weight is 861 g/mol. The molecule has 0 saturated carbocycles. The predicted octanol–water partition coefficient (Wildman–Crippen LogP) is 14.4. The molecule has 1 aromatic heterocycles. The van der Waals surface area contributed by atoms with Gasteiger partial charge in [0.1, 0.15) is 12.0 Å². The van der Waals surface area contributed by atoms with Crippen LogP contribution in [0.3, 0.4) is 0 Å². The molecule has 0 amide bonds. The fourth-order valence-corrected chi connectivity index (χ4v) is 8.77. The maximum atomic E-state index is 5.28. The van der Waals surface area contributed by atoms with Gasteiger partial charge in [-0.25, -0.2) is 24.9 Å². The number of hydrogen-bond donors (Lipinski definition) is 0. The number of aromatic nitrogens is 3. The van der Waals surface area contributed by atoms with Crippen molar-refractivity contribution < 1.29 is 0 Å². The van der Waals surface area contributed by atoms with Crippen LogP contribution in [0.25, 0.3) is 78.7 Å². The van der Waals surface area contributed by atoms with Crippen molar-refractivity contribution in [3.8, 4) is 78.7 Å². The molecular weight excluding hydrogens is 817 g/mol. The molecule has 6 nitrogen and oxygen atoms in total. The minimum atomic E-state index is -0.232. The van der Waals surface area contributed by atoms with Gasteiger partial charge in [-0.05, 0) is 80.4 Å². The summed E-state index contributed by atoms with van der Waals surface area (Å²) in [6.45, 7) is 0. The molecule has 0 fully saturated rings. The fraction of sp³-hybridized carbons (Fsp3) is 0.0328. The summed E-state index contributed by atoms with van der Waals surface area (Å²) < 4.78 is 0. The van der Waals surface area contributed by atoms with E-state index in [1.165, 1.54) is 0 Å². The maximum absolute atomic E-state index is 5.28. The Balaban J connectivity index is 1.02. The summed E-state index contributed by atoms with van der Waals surface area (Å²) in [7, 11) is 2.07. The third kappa shape index (κ3) is 8.60. The molecule has 1 unspecified atom stereocenters. The molecule has 67 heavy (non-hydrogen) atoms. The number of nitrogens with zero attached hydrogens (tertiary/aromatic N) is 6. The van der Waals surface area contributed by atoms with Crippen LogP contribution < -0.4 is 0 Å². The van der Waals surface area contributed by atoms with E-state index in [-0.39, 0.29) is 6.17 Å². The summed E-state index contributed by atoms with van der Waals surface area (Å²) in [5, 5.41) is 0. The Labute approximate surface area is 391 Å². The van der Waals surface area contributed by atoms with Crippen molar-refractivity contribution in [3.63, 3.8) is 0 Å². The Morgan fingerprint density at radius 3 is 1.34 bits per heavy atom. The number of aliphatic imine (C=N–C) groups is 2. The predicted molar refractivity (Wildman–Crippen MR) is 274 cm³/mol. The Kier molecular flexibility index (Phi) is 11.2. The summed E-state index contributed by atoms with van der Waals surface area (Å²) in [6.07, 6.45) is -0.232. The molecule has 0 bridgehead atoms. The third-order valence-corrected chi connectivity index (χ3v) is 12.2. The fourth-order valence-electron chi connectivity index (χ4n) is 8.77. The van der Waals surface area contributed by atoms with Crippen LogP contribution >= 0.6 is 0 Å². The summed E-state index contributed by atoms with van der Waals surface area (Å²) in [6, 6.07) is 84.1. The van der Waals surface area contributed by atoms with Crippen molar-refractivity contribution in [3.05, 3.63) is 259 Å². The standard InChI is InChI=1S/C61H44N6/c1-67-60(45-27-13-5-14-28-45)65-57(66-61(67)46-29-15-6-16-30-46)50-34-20-32-48(38-50)47-31-19-33-49(37-47)52-39-51(42-21-7-2-8-22-42)40-53(41-52)58-62-56(44-25-11-4-12-26-44)63-59(64-58)55-36-18-17-35-54(55)43-23-9-3-10-24-43/h2-41,60H,1H3. The molecule has 1 atom stereocenters. The largest absolute Gasteiger partial charge is 0.333 e. The van der Waals surface area contributed by atoms with Crippen molar-refractivity contribution in [2.45, 2.75) is 6.17 Å². The lowest BCUT2D eigenvalue weighted by Crippen LogP contribution is -2.35. The van der Waals surface area contributed by atoms with Crippen LogP contribution in [0.1, 0.15) is 22.9 Å². The summed E-state index contributed by atoms with van der Waals surface area (Å²) in [4.78, 5) is 28.2. The lowest BCUT2D eigenvalue weighted by atomic mass is 9.93. The van der Waals surface area contributed by atoms with Crippen LogP contribution in [-0.4, -0.2) is 38.6 Å². The van der Waals surface area contributed by atoms with Gasteiger partial charge in [-0.15, -0.1) is 0 Å². The van der Waals surface area contributed by atoms with Crippen molar-refractivity contribution in [2.24, 2.45) is 9.98 Å². The molecule has 2 heterocycles. The highest BCUT2D eigenvalue weighted by molar-refractivity contribution is 6.13. The van der Waals surface area contributed by atoms with E-state index in [0.29, 0.717) is 23.3 Å². The second-order valence-electron chi connectivity index (χ2n) is 16.6. The molecule has 10 aromatic rings. The zero-order valence-corrected chi connectivity index (χ0v) is 36.9. The summed E-state index contributed by atoms with van der Waals surface area (Å²) >= 11 is 0. The minimum absolute atomic E-state index is 0.232. The Morgan fingerprint density at radius 2 is 0.716 bits per heavy atom. The first-order valence-corrected chi connectivity index (χ1v) is 22.5. The number of amidine groups is 2. The second-order valence-corrected chi connectivity index (χ2v) is 16.6. The Hall–Kier alpha value is -8.87. The molecular formula is C61H44N6. The maximum Gasteiger partial charge on any atom is 0.164 e. The van der Waals surface area contributed by atoms with Gasteiger partial charge in [-0.1, -0.05) is 212 Å². The van der Waals surface area contributed by atoms with Gasteiger partial charge in [0, 0.05) is 34.9 Å². The highest BCUT2D eigenvalue weighted by Crippen LogP contribution is 2.37. The van der Waals surface area contributed by atoms with Gasteiger partial charge >= 0.3 is 0 Å². The lowest BCUT2D eigenvalue weighted by Gasteiger charge is -2.32. The highest BCUT2D eigenvalue weighted by atomic mass is 15.3. The average Bonchev–Trinajstić information content (AvgIpc) is 3.42. The van der Waals surface area contributed by atoms with E-state index < -0.39 is 0 Å². The molecule has 0 radical (unpaired) electrons. The van der Waals surface area contributed by atoms with E-state index >= 15 is 0 Å². The summed E-state index contributed by atoms with van der Waals surface area (Å²) in [5.41, 5.74) is 14.4. The zero-order chi connectivity index (χ0) is 44.9. The first kappa shape index (κ1) is 40.9. The van der Waals surface area contributed by atoms with E-state index in [0.717, 1.165) is 83.7 Å². The normalized spacial score (nSPS) is 13.4. The molecule has 0 aliphatic carbocycles. The molecule has 318 valence electrons. The molecule has 0 spiro atoms. The minimum Gasteiger partial charge on any atom is -0.333 e. The van der Waals surface area contributed by atoms with Gasteiger partial charge in [0.15, 0.2) is 23.3 Å². The number of benzene rings is 9. The van der Waals surface area contributed by atoms with Crippen molar-refractivity contribution >= 4 is 11.7 Å². The van der Waals surface area contributed by atoms with Crippen LogP contribution in [-0.2, 0) is 0 Å². The van der Waals surface area contributed by atoms with Crippen LogP contribution in [0, 0.1) is 0 Å². The van der Waals surface area contributed by atoms with Crippen molar-refractivity contribution in [1.82, 2.24) is 19.9 Å². The van der Waals surface area contributed by atoms with Gasteiger partial charge in [0.25, 0.3) is 0 Å². The SMILES string of the molecule is CN1C(c2ccccc2)=NC(c2cccc(-c3cccc(-c4cc(-c5ccccc5)cc(-c5nc(-c6ccccc6)nc(-c6ccccc6-c6ccccc6)n5)c4)c3)c2)=NC1c1ccccc1. The first-order valence-electron chi connectivity index (χ1n) is 22.5. The van der Waals surface area contributed by atoms with Gasteiger partial charge in [-0.3, -0.25) is 0 Å². The Bertz CT molecular complexity index is 3410. The van der Waals surface area contributed by atoms with E-state index in [1.54, 1.807) is 0 Å². The molecule has 1 aliphatic heterocycles. The van der Waals surface area contributed by atoms with Crippen LogP contribution in [0.2, 0.25) is 0 Å². The molecule has 1 aliphatic rings. The topological polar surface area (TPSA) is 66.6 Å². The second kappa shape index (κ2) is 18.3. The van der Waals surface area contributed by atoms with Gasteiger partial charge in [0.2, 0.25) is 0 Å². The first-order chi connectivity index (χ1) is 33.1. The van der Waals surface area contributed by atoms with Crippen LogP contribution in [0.15, 0.2) is 253 Å². The van der Waals surface area contributed by atoms with E-state index in [2.05, 4.69) is 194 Å². The third-order valence-electron chi connectivity index (χ3n) is 12.2. The van der Waals surface area contributed by atoms with Gasteiger partial charge in [-0.2, -0.15) is 0 Å². The zero-order valence-electron chi connectivity index (χ0n) is 36.9. The van der Waals surface area contributed by atoms with Crippen molar-refractivity contribution in [2.75, 3.05) is 7.05 Å². The quantitative estimate of drug-likeness (QED) is 0.137. The van der Waals surface area contributed by atoms with E-state index in [4.69, 9.17) is 24.9 Å². The van der Waals surface area contributed by atoms with E-state index in [9.17, 15) is 0 Å². The number of hydrogen-bond acceptors (Lipinski definition) is 6. The molecule has 0 N–H and O–H groups in total. The molecule has 9 aromatic carbocycles. The molecule has 6 heteroatoms. The van der Waals surface area contributed by atoms with E-state index in [1.807, 2.05) is 60.7 Å². The van der Waals surface area contributed by atoms with Gasteiger partial charge < -0.3 is 4.90 Å². The van der Waals surface area contributed by atoms with Crippen molar-refractivity contribution in [1.29, 1.82) is 0 Å². The van der Waals surface area contributed by atoms with Crippen LogP contribution in [0.4, 0.5) is 0 Å². The molecule has 0 saturated heterocycles. The smallest absolute Gasteiger partial charge is 0.164 e. The monoisotopic (exact) mass is 860 g/mol. The van der Waals surface area contributed by atoms with Gasteiger partial charge in [0.05, 0.1) is 0 Å². The lowest BCUT2D eigenvalue weighted by molar-refractivity contribution is 0.383. The van der Waals surface area contributed by atoms with Crippen LogP contribution in [0.5, 0.6) is 0 Å². The Morgan fingerprint density at radius 1 is 0.313 bits per heavy atom. The highest BCUT2D eigenvalue weighted by Gasteiger charge is 2.27.